The van der Waals surface area contributed by atoms with Gasteiger partial charge in [0, 0.05) is 17.6 Å². The summed E-state index contributed by atoms with van der Waals surface area (Å²) >= 11 is 5.92. The Morgan fingerprint density at radius 3 is 2.26 bits per heavy atom. The predicted molar refractivity (Wildman–Crippen MR) is 97.7 cm³/mol. The second kappa shape index (κ2) is 9.07. The van der Waals surface area contributed by atoms with Crippen LogP contribution in [0.1, 0.15) is 49.5 Å². The van der Waals surface area contributed by atoms with Crippen LogP contribution in [0.5, 0.6) is 0 Å². The predicted octanol–water partition coefficient (Wildman–Crippen LogP) is 5.24. The summed E-state index contributed by atoms with van der Waals surface area (Å²) < 4.78 is 0. The molecule has 0 aliphatic rings. The number of benzene rings is 2. The van der Waals surface area contributed by atoms with E-state index in [1.807, 2.05) is 30.3 Å². The summed E-state index contributed by atoms with van der Waals surface area (Å²) in [5.41, 5.74) is 2.22. The van der Waals surface area contributed by atoms with E-state index in [1.54, 1.807) is 0 Å². The first-order valence-electron chi connectivity index (χ1n) is 8.30. The van der Waals surface area contributed by atoms with Crippen molar-refractivity contribution in [2.75, 3.05) is 13.6 Å². The zero-order valence-electron chi connectivity index (χ0n) is 14.0. The zero-order chi connectivity index (χ0) is 16.7. The second-order valence-corrected chi connectivity index (χ2v) is 6.51. The topological polar surface area (TPSA) is 23.5 Å². The van der Waals surface area contributed by atoms with E-state index in [1.165, 1.54) is 18.4 Å². The third-order valence-electron chi connectivity index (χ3n) is 4.26. The summed E-state index contributed by atoms with van der Waals surface area (Å²) in [4.78, 5) is 2.25. The summed E-state index contributed by atoms with van der Waals surface area (Å²) in [5, 5.41) is 11.2. The molecule has 2 atom stereocenters. The Bertz CT molecular complexity index is 570. The Morgan fingerprint density at radius 2 is 1.65 bits per heavy atom. The molecule has 0 fully saturated rings. The number of hydrogen-bond donors (Lipinski definition) is 1. The van der Waals surface area contributed by atoms with Gasteiger partial charge in [-0.1, -0.05) is 73.8 Å². The molecule has 2 aromatic carbocycles. The van der Waals surface area contributed by atoms with Gasteiger partial charge in [-0.3, -0.25) is 4.90 Å². The zero-order valence-corrected chi connectivity index (χ0v) is 14.7. The van der Waals surface area contributed by atoms with E-state index >= 15 is 0 Å². The van der Waals surface area contributed by atoms with Crippen LogP contribution in [0.3, 0.4) is 0 Å². The molecular weight excluding hydrogens is 306 g/mol. The molecule has 0 aliphatic carbocycles. The maximum absolute atomic E-state index is 10.5. The van der Waals surface area contributed by atoms with Gasteiger partial charge in [0.2, 0.25) is 0 Å². The fraction of sp³-hybridized carbons (Fsp3) is 0.400. The van der Waals surface area contributed by atoms with Gasteiger partial charge in [0.1, 0.15) is 0 Å². The molecule has 0 aliphatic heterocycles. The summed E-state index contributed by atoms with van der Waals surface area (Å²) in [6.07, 6.45) is 2.95. The maximum atomic E-state index is 10.5. The number of unbranched alkanes of at least 4 members (excludes halogenated alkanes) is 1. The molecule has 0 saturated heterocycles. The van der Waals surface area contributed by atoms with Crippen molar-refractivity contribution in [3.63, 3.8) is 0 Å². The van der Waals surface area contributed by atoms with E-state index in [-0.39, 0.29) is 0 Å². The summed E-state index contributed by atoms with van der Waals surface area (Å²) in [6, 6.07) is 18.3. The molecule has 0 radical (unpaired) electrons. The highest BCUT2D eigenvalue weighted by atomic mass is 35.5. The average molecular weight is 332 g/mol. The Kier molecular flexibility index (Phi) is 7.10. The van der Waals surface area contributed by atoms with Crippen LogP contribution in [0.15, 0.2) is 54.6 Å². The number of likely N-dealkylation sites (N-methyl/N-ethyl adjacent to an activating group) is 1. The highest BCUT2D eigenvalue weighted by Crippen LogP contribution is 2.27. The lowest BCUT2D eigenvalue weighted by Crippen LogP contribution is -2.29. The van der Waals surface area contributed by atoms with E-state index in [4.69, 9.17) is 11.6 Å². The van der Waals surface area contributed by atoms with E-state index in [9.17, 15) is 5.11 Å². The van der Waals surface area contributed by atoms with Gasteiger partial charge >= 0.3 is 0 Å². The van der Waals surface area contributed by atoms with Crippen molar-refractivity contribution in [2.45, 2.75) is 38.3 Å². The first-order chi connectivity index (χ1) is 11.1. The summed E-state index contributed by atoms with van der Waals surface area (Å²) in [5.74, 6) is 0. The van der Waals surface area contributed by atoms with Crippen LogP contribution < -0.4 is 0 Å². The average Bonchev–Trinajstić information content (AvgIpc) is 2.56. The van der Waals surface area contributed by atoms with Crippen molar-refractivity contribution < 1.29 is 5.11 Å². The van der Waals surface area contributed by atoms with Gasteiger partial charge in [0.05, 0.1) is 6.10 Å². The first-order valence-corrected chi connectivity index (χ1v) is 8.68. The molecule has 0 amide bonds. The van der Waals surface area contributed by atoms with Crippen LogP contribution >= 0.6 is 11.6 Å². The van der Waals surface area contributed by atoms with Gasteiger partial charge in [0.15, 0.2) is 0 Å². The molecule has 2 nitrogen and oxygen atoms in total. The molecule has 3 heteroatoms. The first kappa shape index (κ1) is 18.0. The highest BCUT2D eigenvalue weighted by molar-refractivity contribution is 6.30. The van der Waals surface area contributed by atoms with Crippen molar-refractivity contribution in [3.05, 3.63) is 70.7 Å². The summed E-state index contributed by atoms with van der Waals surface area (Å²) in [7, 11) is 2.09. The Labute approximate surface area is 144 Å². The molecular formula is C20H26ClNO. The number of hydrogen-bond acceptors (Lipinski definition) is 2. The standard InChI is InChI=1S/C20H26ClNO/c1-3-4-10-19(16-8-6-5-7-9-16)22(2)15-20(23)17-11-13-18(21)14-12-17/h5-9,11-14,19-20,23H,3-4,10,15H2,1-2H3/t19-,20-/m0/s1. The third-order valence-corrected chi connectivity index (χ3v) is 4.52. The van der Waals surface area contributed by atoms with E-state index in [0.29, 0.717) is 17.6 Å². The van der Waals surface area contributed by atoms with Crippen LogP contribution in [0, 0.1) is 0 Å². The van der Waals surface area contributed by atoms with Gasteiger partial charge in [0.25, 0.3) is 0 Å². The molecule has 124 valence electrons. The lowest BCUT2D eigenvalue weighted by Gasteiger charge is -2.30. The Morgan fingerprint density at radius 1 is 1.00 bits per heavy atom. The van der Waals surface area contributed by atoms with Crippen molar-refractivity contribution in [1.29, 1.82) is 0 Å². The summed E-state index contributed by atoms with van der Waals surface area (Å²) in [6.45, 7) is 2.81. The molecule has 1 N–H and O–H groups in total. The van der Waals surface area contributed by atoms with Crippen LogP contribution in [0.4, 0.5) is 0 Å². The van der Waals surface area contributed by atoms with Crippen LogP contribution in [0.25, 0.3) is 0 Å². The van der Waals surface area contributed by atoms with Gasteiger partial charge in [-0.15, -0.1) is 0 Å². The Hall–Kier alpha value is -1.35. The van der Waals surface area contributed by atoms with E-state index in [2.05, 4.69) is 43.1 Å². The molecule has 0 spiro atoms. The minimum absolute atomic E-state index is 0.332. The van der Waals surface area contributed by atoms with Crippen LogP contribution in [-0.4, -0.2) is 23.6 Å². The molecule has 2 rings (SSSR count). The normalized spacial score (nSPS) is 14.0. The molecule has 0 saturated carbocycles. The molecule has 0 unspecified atom stereocenters. The SMILES string of the molecule is CCCC[C@@H](c1ccccc1)N(C)C[C@H](O)c1ccc(Cl)cc1. The van der Waals surface area contributed by atoms with E-state index < -0.39 is 6.10 Å². The maximum Gasteiger partial charge on any atom is 0.0917 e. The minimum Gasteiger partial charge on any atom is -0.387 e. The third kappa shape index (κ3) is 5.35. The van der Waals surface area contributed by atoms with Crippen molar-refractivity contribution in [3.8, 4) is 0 Å². The van der Waals surface area contributed by atoms with E-state index in [0.717, 1.165) is 12.0 Å². The van der Waals surface area contributed by atoms with Gasteiger partial charge in [-0.05, 0) is 36.7 Å². The van der Waals surface area contributed by atoms with Crippen molar-refractivity contribution in [1.82, 2.24) is 4.90 Å². The second-order valence-electron chi connectivity index (χ2n) is 6.08. The van der Waals surface area contributed by atoms with Gasteiger partial charge in [-0.25, -0.2) is 0 Å². The minimum atomic E-state index is -0.509. The van der Waals surface area contributed by atoms with Crippen molar-refractivity contribution in [2.24, 2.45) is 0 Å². The van der Waals surface area contributed by atoms with Gasteiger partial charge < -0.3 is 5.11 Å². The lowest BCUT2D eigenvalue weighted by atomic mass is 9.99. The monoisotopic (exact) mass is 331 g/mol. The van der Waals surface area contributed by atoms with Crippen LogP contribution in [-0.2, 0) is 0 Å². The van der Waals surface area contributed by atoms with Crippen molar-refractivity contribution >= 4 is 11.6 Å². The molecule has 0 bridgehead atoms. The number of aliphatic hydroxyl groups excluding tert-OH is 1. The fourth-order valence-electron chi connectivity index (χ4n) is 2.90. The van der Waals surface area contributed by atoms with Crippen LogP contribution in [0.2, 0.25) is 5.02 Å². The number of halogens is 1. The fourth-order valence-corrected chi connectivity index (χ4v) is 3.03. The highest BCUT2D eigenvalue weighted by Gasteiger charge is 2.19. The Balaban J connectivity index is 2.07. The quantitative estimate of drug-likeness (QED) is 0.715. The molecule has 23 heavy (non-hydrogen) atoms. The number of aliphatic hydroxyl groups is 1. The number of nitrogens with zero attached hydrogens (tertiary/aromatic N) is 1. The smallest absolute Gasteiger partial charge is 0.0917 e. The number of rotatable bonds is 8. The molecule has 0 heterocycles. The largest absolute Gasteiger partial charge is 0.387 e. The lowest BCUT2D eigenvalue weighted by molar-refractivity contribution is 0.100. The molecule has 2 aromatic rings. The van der Waals surface area contributed by atoms with Gasteiger partial charge in [-0.2, -0.15) is 0 Å². The molecule has 0 aromatic heterocycles.